The summed E-state index contributed by atoms with van der Waals surface area (Å²) >= 11 is 0. The van der Waals surface area contributed by atoms with E-state index >= 15 is 0 Å². The molecule has 3 aromatic rings. The number of nitrogens with one attached hydrogen (secondary N) is 1. The number of amides is 2. The number of nitrogens with zero attached hydrogens (tertiary/aromatic N) is 1. The first kappa shape index (κ1) is 23.4. The summed E-state index contributed by atoms with van der Waals surface area (Å²) in [6, 6.07) is 26.8. The smallest absolute Gasteiger partial charge is 0.225 e. The number of methoxy groups -OCH3 is 1. The summed E-state index contributed by atoms with van der Waals surface area (Å²) in [7, 11) is 1.61. The maximum atomic E-state index is 13.3. The topological polar surface area (TPSA) is 67.9 Å². The van der Waals surface area contributed by atoms with E-state index in [-0.39, 0.29) is 23.8 Å². The molecule has 176 valence electrons. The number of carbonyl (C=O) groups is 2. The number of ether oxygens (including phenoxy) is 2. The molecule has 4 rings (SSSR count). The van der Waals surface area contributed by atoms with Crippen molar-refractivity contribution in [3.8, 4) is 11.5 Å². The number of piperidine rings is 1. The van der Waals surface area contributed by atoms with Crippen LogP contribution >= 0.6 is 0 Å². The van der Waals surface area contributed by atoms with Gasteiger partial charge in [-0.15, -0.1) is 0 Å². The lowest BCUT2D eigenvalue weighted by Crippen LogP contribution is -2.48. The average Bonchev–Trinajstić information content (AvgIpc) is 2.89. The summed E-state index contributed by atoms with van der Waals surface area (Å²) in [6.07, 6.45) is 0.876. The summed E-state index contributed by atoms with van der Waals surface area (Å²) in [5.41, 5.74) is 2.02. The van der Waals surface area contributed by atoms with Crippen LogP contribution in [-0.4, -0.2) is 37.0 Å². The molecular formula is C28H30N2O4. The van der Waals surface area contributed by atoms with Crippen LogP contribution in [0.4, 0.5) is 0 Å². The summed E-state index contributed by atoms with van der Waals surface area (Å²) in [4.78, 5) is 28.1. The van der Waals surface area contributed by atoms with Crippen molar-refractivity contribution in [2.45, 2.75) is 25.4 Å². The number of rotatable bonds is 9. The molecule has 1 fully saturated rings. The Labute approximate surface area is 200 Å². The van der Waals surface area contributed by atoms with Crippen LogP contribution < -0.4 is 14.8 Å². The zero-order valence-corrected chi connectivity index (χ0v) is 19.4. The number of hydrogen-bond acceptors (Lipinski definition) is 4. The van der Waals surface area contributed by atoms with Crippen LogP contribution in [0, 0.1) is 5.92 Å². The molecule has 2 amide bonds. The fourth-order valence-electron chi connectivity index (χ4n) is 4.42. The molecule has 6 nitrogen and oxygen atoms in total. The average molecular weight is 459 g/mol. The van der Waals surface area contributed by atoms with Crippen molar-refractivity contribution < 1.29 is 19.1 Å². The van der Waals surface area contributed by atoms with Crippen LogP contribution in [0.15, 0.2) is 84.9 Å². The van der Waals surface area contributed by atoms with Gasteiger partial charge in [-0.2, -0.15) is 0 Å². The monoisotopic (exact) mass is 458 g/mol. The minimum Gasteiger partial charge on any atom is -0.497 e. The Kier molecular flexibility index (Phi) is 7.81. The van der Waals surface area contributed by atoms with Crippen molar-refractivity contribution >= 4 is 11.8 Å². The predicted octanol–water partition coefficient (Wildman–Crippen LogP) is 4.37. The van der Waals surface area contributed by atoms with Gasteiger partial charge in [0.15, 0.2) is 0 Å². The highest BCUT2D eigenvalue weighted by Gasteiger charge is 2.40. The van der Waals surface area contributed by atoms with Crippen LogP contribution in [0.25, 0.3) is 0 Å². The molecule has 0 unspecified atom stereocenters. The van der Waals surface area contributed by atoms with E-state index in [1.165, 1.54) is 0 Å². The molecule has 2 atom stereocenters. The highest BCUT2D eigenvalue weighted by atomic mass is 16.5. The third-order valence-electron chi connectivity index (χ3n) is 6.09. The van der Waals surface area contributed by atoms with Gasteiger partial charge < -0.3 is 19.7 Å². The zero-order chi connectivity index (χ0) is 23.8. The minimum absolute atomic E-state index is 0.0614. The normalized spacial score (nSPS) is 17.8. The lowest BCUT2D eigenvalue weighted by Gasteiger charge is -2.41. The molecule has 0 bridgehead atoms. The van der Waals surface area contributed by atoms with Gasteiger partial charge in [0, 0.05) is 19.0 Å². The third kappa shape index (κ3) is 5.76. The highest BCUT2D eigenvalue weighted by molar-refractivity contribution is 5.85. The first-order chi connectivity index (χ1) is 16.7. The van der Waals surface area contributed by atoms with Crippen LogP contribution in [0.3, 0.4) is 0 Å². The van der Waals surface area contributed by atoms with Crippen LogP contribution in [0.1, 0.15) is 30.0 Å². The molecule has 0 radical (unpaired) electrons. The SMILES string of the molecule is COc1cccc(OCCNC(=O)[C@H]2CCC(=O)N(Cc3ccccc3)[C@@H]2c2ccccc2)c1. The van der Waals surface area contributed by atoms with E-state index in [4.69, 9.17) is 9.47 Å². The Morgan fingerprint density at radius 3 is 2.41 bits per heavy atom. The molecular weight excluding hydrogens is 428 g/mol. The summed E-state index contributed by atoms with van der Waals surface area (Å²) in [5, 5.41) is 3.02. The van der Waals surface area contributed by atoms with Gasteiger partial charge in [0.2, 0.25) is 11.8 Å². The fraction of sp³-hybridized carbons (Fsp3) is 0.286. The second kappa shape index (κ2) is 11.4. The van der Waals surface area contributed by atoms with Gasteiger partial charge in [0.25, 0.3) is 0 Å². The Bertz CT molecular complexity index is 1090. The summed E-state index contributed by atoms with van der Waals surface area (Å²) in [6.45, 7) is 1.19. The maximum Gasteiger partial charge on any atom is 0.225 e. The van der Waals surface area contributed by atoms with Crippen LogP contribution in [-0.2, 0) is 16.1 Å². The zero-order valence-electron chi connectivity index (χ0n) is 19.4. The number of carbonyl (C=O) groups excluding carboxylic acids is 2. The number of hydrogen-bond donors (Lipinski definition) is 1. The maximum absolute atomic E-state index is 13.3. The van der Waals surface area contributed by atoms with Gasteiger partial charge in [-0.25, -0.2) is 0 Å². The van der Waals surface area contributed by atoms with E-state index < -0.39 is 0 Å². The van der Waals surface area contributed by atoms with Gasteiger partial charge in [-0.1, -0.05) is 66.7 Å². The van der Waals surface area contributed by atoms with Crippen molar-refractivity contribution in [3.63, 3.8) is 0 Å². The number of likely N-dealkylation sites (tertiary alicyclic amines) is 1. The van der Waals surface area contributed by atoms with E-state index in [0.717, 1.165) is 16.9 Å². The molecule has 0 aliphatic carbocycles. The van der Waals surface area contributed by atoms with Gasteiger partial charge in [0.1, 0.15) is 18.1 Å². The van der Waals surface area contributed by atoms with Gasteiger partial charge in [-0.3, -0.25) is 9.59 Å². The molecule has 1 N–H and O–H groups in total. The summed E-state index contributed by atoms with van der Waals surface area (Å²) < 4.78 is 11.0. The predicted molar refractivity (Wildman–Crippen MR) is 130 cm³/mol. The fourth-order valence-corrected chi connectivity index (χ4v) is 4.42. The molecule has 34 heavy (non-hydrogen) atoms. The first-order valence-electron chi connectivity index (χ1n) is 11.6. The molecule has 1 aliphatic heterocycles. The molecule has 3 aromatic carbocycles. The van der Waals surface area contributed by atoms with Crippen LogP contribution in [0.2, 0.25) is 0 Å². The molecule has 0 spiro atoms. The van der Waals surface area contributed by atoms with E-state index in [9.17, 15) is 9.59 Å². The molecule has 6 heteroatoms. The Balaban J connectivity index is 1.45. The Morgan fingerprint density at radius 1 is 0.971 bits per heavy atom. The second-order valence-corrected chi connectivity index (χ2v) is 8.33. The van der Waals surface area contributed by atoms with Gasteiger partial charge in [-0.05, 0) is 29.7 Å². The van der Waals surface area contributed by atoms with E-state index in [1.54, 1.807) is 7.11 Å². The first-order valence-corrected chi connectivity index (χ1v) is 11.6. The molecule has 1 heterocycles. The Morgan fingerprint density at radius 2 is 1.68 bits per heavy atom. The van der Waals surface area contributed by atoms with E-state index in [0.29, 0.717) is 38.3 Å². The molecule has 1 aliphatic rings. The lowest BCUT2D eigenvalue weighted by molar-refractivity contribution is -0.144. The third-order valence-corrected chi connectivity index (χ3v) is 6.09. The van der Waals surface area contributed by atoms with Crippen molar-refractivity contribution in [1.29, 1.82) is 0 Å². The summed E-state index contributed by atoms with van der Waals surface area (Å²) in [5.74, 6) is 1.09. The standard InChI is InChI=1S/C28H30N2O4/c1-33-23-13-8-14-24(19-23)34-18-17-29-28(32)25-15-16-26(31)30(20-21-9-4-2-5-10-21)27(25)22-11-6-3-7-12-22/h2-14,19,25,27H,15-18,20H2,1H3,(H,29,32)/t25-,27+/m0/s1. The van der Waals surface area contributed by atoms with E-state index in [2.05, 4.69) is 5.32 Å². The van der Waals surface area contributed by atoms with E-state index in [1.807, 2.05) is 89.8 Å². The largest absolute Gasteiger partial charge is 0.497 e. The highest BCUT2D eigenvalue weighted by Crippen LogP contribution is 2.38. The van der Waals surface area contributed by atoms with Crippen molar-refractivity contribution in [2.24, 2.45) is 5.92 Å². The Hall–Kier alpha value is -3.80. The van der Waals surface area contributed by atoms with Crippen LogP contribution in [0.5, 0.6) is 11.5 Å². The van der Waals surface area contributed by atoms with Gasteiger partial charge >= 0.3 is 0 Å². The van der Waals surface area contributed by atoms with Crippen molar-refractivity contribution in [1.82, 2.24) is 10.2 Å². The second-order valence-electron chi connectivity index (χ2n) is 8.33. The van der Waals surface area contributed by atoms with Gasteiger partial charge in [0.05, 0.1) is 25.6 Å². The lowest BCUT2D eigenvalue weighted by atomic mass is 9.83. The van der Waals surface area contributed by atoms with Crippen molar-refractivity contribution in [2.75, 3.05) is 20.3 Å². The van der Waals surface area contributed by atoms with Crippen molar-refractivity contribution in [3.05, 3.63) is 96.1 Å². The quantitative estimate of drug-likeness (QED) is 0.484. The minimum atomic E-state index is -0.333. The molecule has 1 saturated heterocycles. The molecule has 0 aromatic heterocycles. The number of benzene rings is 3. The molecule has 0 saturated carbocycles.